The summed E-state index contributed by atoms with van der Waals surface area (Å²) in [5.74, 6) is 2.63. The summed E-state index contributed by atoms with van der Waals surface area (Å²) in [4.78, 5) is 0. The van der Waals surface area contributed by atoms with Gasteiger partial charge < -0.3 is 14.2 Å². The Morgan fingerprint density at radius 1 is 1.07 bits per heavy atom. The van der Waals surface area contributed by atoms with Crippen LogP contribution in [-0.4, -0.2) is 26.4 Å². The molecule has 0 spiro atoms. The van der Waals surface area contributed by atoms with Crippen molar-refractivity contribution in [3.63, 3.8) is 0 Å². The Hall–Kier alpha value is -1.55. The van der Waals surface area contributed by atoms with Gasteiger partial charge in [-0.3, -0.25) is 0 Å². The molecule has 0 aromatic heterocycles. The standard InChI is InChI=1S/C23H33FO3/c1-4-5-20-11-10-19(15-26-20)18-8-6-17(7-9-18)14-27-21-12-13-22(25-3)23(24)16(21)2/h4-5,12-13,17-20H,6-11,14-15H2,1-3H3/b5-4+. The van der Waals surface area contributed by atoms with Gasteiger partial charge in [0.25, 0.3) is 0 Å². The molecule has 3 nitrogen and oxygen atoms in total. The van der Waals surface area contributed by atoms with Crippen LogP contribution in [0.15, 0.2) is 24.3 Å². The molecule has 0 N–H and O–H groups in total. The SMILES string of the molecule is C/C=C/C1CCC(C2CCC(COc3ccc(OC)c(F)c3C)CC2)CO1. The first kappa shape index (κ1) is 20.2. The van der Waals surface area contributed by atoms with Crippen LogP contribution in [0, 0.1) is 30.5 Å². The summed E-state index contributed by atoms with van der Waals surface area (Å²) in [6.45, 7) is 5.38. The minimum Gasteiger partial charge on any atom is -0.494 e. The maximum atomic E-state index is 14.1. The van der Waals surface area contributed by atoms with Gasteiger partial charge in [-0.25, -0.2) is 4.39 Å². The van der Waals surface area contributed by atoms with Crippen molar-refractivity contribution in [1.82, 2.24) is 0 Å². The lowest BCUT2D eigenvalue weighted by molar-refractivity contribution is -0.0177. The van der Waals surface area contributed by atoms with E-state index in [1.54, 1.807) is 13.0 Å². The quantitative estimate of drug-likeness (QED) is 0.596. The van der Waals surface area contributed by atoms with E-state index in [4.69, 9.17) is 14.2 Å². The molecule has 1 aromatic rings. The summed E-state index contributed by atoms with van der Waals surface area (Å²) >= 11 is 0. The lowest BCUT2D eigenvalue weighted by Gasteiger charge is -2.37. The van der Waals surface area contributed by atoms with Crippen LogP contribution in [-0.2, 0) is 4.74 Å². The highest BCUT2D eigenvalue weighted by Gasteiger charge is 2.31. The number of benzene rings is 1. The monoisotopic (exact) mass is 376 g/mol. The van der Waals surface area contributed by atoms with E-state index < -0.39 is 0 Å². The average Bonchev–Trinajstić information content (AvgIpc) is 2.70. The van der Waals surface area contributed by atoms with E-state index in [1.165, 1.54) is 39.2 Å². The number of hydrogen-bond donors (Lipinski definition) is 0. The van der Waals surface area contributed by atoms with E-state index >= 15 is 0 Å². The van der Waals surface area contributed by atoms with Crippen molar-refractivity contribution in [2.75, 3.05) is 20.3 Å². The van der Waals surface area contributed by atoms with Crippen LogP contribution in [0.5, 0.6) is 11.5 Å². The van der Waals surface area contributed by atoms with Gasteiger partial charge in [0.1, 0.15) is 5.75 Å². The molecular formula is C23H33FO3. The minimum absolute atomic E-state index is 0.270. The first-order valence-corrected chi connectivity index (χ1v) is 10.3. The Morgan fingerprint density at radius 2 is 1.78 bits per heavy atom. The fraction of sp³-hybridized carbons (Fsp3) is 0.652. The molecule has 1 aromatic carbocycles. The lowest BCUT2D eigenvalue weighted by Crippen LogP contribution is -2.32. The van der Waals surface area contributed by atoms with Gasteiger partial charge >= 0.3 is 0 Å². The highest BCUT2D eigenvalue weighted by Crippen LogP contribution is 2.38. The Balaban J connectivity index is 1.43. The topological polar surface area (TPSA) is 27.7 Å². The van der Waals surface area contributed by atoms with Gasteiger partial charge in [0.05, 0.1) is 26.4 Å². The third kappa shape index (κ3) is 5.04. The number of hydrogen-bond acceptors (Lipinski definition) is 3. The van der Waals surface area contributed by atoms with Crippen molar-refractivity contribution in [1.29, 1.82) is 0 Å². The fourth-order valence-electron chi connectivity index (χ4n) is 4.52. The summed E-state index contributed by atoms with van der Waals surface area (Å²) < 4.78 is 31.1. The second kappa shape index (κ2) is 9.59. The molecule has 1 heterocycles. The highest BCUT2D eigenvalue weighted by atomic mass is 19.1. The van der Waals surface area contributed by atoms with Gasteiger partial charge in [0.2, 0.25) is 0 Å². The molecule has 27 heavy (non-hydrogen) atoms. The van der Waals surface area contributed by atoms with Crippen LogP contribution in [0.2, 0.25) is 0 Å². The second-order valence-electron chi connectivity index (χ2n) is 8.03. The summed E-state index contributed by atoms with van der Waals surface area (Å²) in [5.41, 5.74) is 0.526. The molecule has 1 aliphatic heterocycles. The maximum Gasteiger partial charge on any atom is 0.171 e. The highest BCUT2D eigenvalue weighted by molar-refractivity contribution is 5.41. The van der Waals surface area contributed by atoms with E-state index in [-0.39, 0.29) is 11.6 Å². The van der Waals surface area contributed by atoms with Crippen LogP contribution >= 0.6 is 0 Å². The number of allylic oxidation sites excluding steroid dienone is 1. The third-order valence-electron chi connectivity index (χ3n) is 6.31. The van der Waals surface area contributed by atoms with Gasteiger partial charge in [-0.1, -0.05) is 12.2 Å². The second-order valence-corrected chi connectivity index (χ2v) is 8.03. The summed E-state index contributed by atoms with van der Waals surface area (Å²) in [5, 5.41) is 0. The van der Waals surface area contributed by atoms with Crippen molar-refractivity contribution in [2.45, 2.75) is 58.5 Å². The Labute approximate surface area is 162 Å². The maximum absolute atomic E-state index is 14.1. The molecule has 150 valence electrons. The molecule has 1 aliphatic carbocycles. The minimum atomic E-state index is -0.327. The molecule has 1 saturated carbocycles. The summed E-state index contributed by atoms with van der Waals surface area (Å²) in [6, 6.07) is 3.45. The Kier molecular flexibility index (Phi) is 7.17. The molecule has 1 saturated heterocycles. The number of rotatable bonds is 6. The van der Waals surface area contributed by atoms with Crippen molar-refractivity contribution in [3.8, 4) is 11.5 Å². The van der Waals surface area contributed by atoms with Crippen LogP contribution in [0.3, 0.4) is 0 Å². The van der Waals surface area contributed by atoms with Crippen LogP contribution in [0.25, 0.3) is 0 Å². The normalized spacial score (nSPS) is 29.0. The Bertz CT molecular complexity index is 627. The molecule has 4 heteroatoms. The first-order valence-electron chi connectivity index (χ1n) is 10.3. The molecule has 2 unspecified atom stereocenters. The molecule has 0 bridgehead atoms. The van der Waals surface area contributed by atoms with Crippen molar-refractivity contribution in [3.05, 3.63) is 35.7 Å². The van der Waals surface area contributed by atoms with Crippen LogP contribution in [0.1, 0.15) is 51.0 Å². The lowest BCUT2D eigenvalue weighted by atomic mass is 9.74. The molecular weight excluding hydrogens is 343 g/mol. The van der Waals surface area contributed by atoms with E-state index in [0.717, 1.165) is 18.9 Å². The van der Waals surface area contributed by atoms with Crippen molar-refractivity contribution < 1.29 is 18.6 Å². The molecule has 0 amide bonds. The Morgan fingerprint density at radius 3 is 2.41 bits per heavy atom. The average molecular weight is 377 g/mol. The predicted octanol–water partition coefficient (Wildman–Crippen LogP) is 5.70. The van der Waals surface area contributed by atoms with E-state index in [1.807, 2.05) is 6.07 Å². The number of ether oxygens (including phenoxy) is 3. The molecule has 2 aliphatic rings. The van der Waals surface area contributed by atoms with E-state index in [0.29, 0.717) is 35.9 Å². The van der Waals surface area contributed by atoms with Gasteiger partial charge in [-0.05, 0) is 82.3 Å². The van der Waals surface area contributed by atoms with E-state index in [9.17, 15) is 4.39 Å². The van der Waals surface area contributed by atoms with Gasteiger partial charge in [-0.15, -0.1) is 0 Å². The van der Waals surface area contributed by atoms with Gasteiger partial charge in [0, 0.05) is 5.56 Å². The number of methoxy groups -OCH3 is 1. The number of halogens is 1. The van der Waals surface area contributed by atoms with Crippen molar-refractivity contribution in [2.24, 2.45) is 17.8 Å². The summed E-state index contributed by atoms with van der Waals surface area (Å²) in [6.07, 6.45) is 11.9. The third-order valence-corrected chi connectivity index (χ3v) is 6.31. The zero-order valence-electron chi connectivity index (χ0n) is 16.9. The van der Waals surface area contributed by atoms with Gasteiger partial charge in [-0.2, -0.15) is 0 Å². The zero-order chi connectivity index (χ0) is 19.2. The van der Waals surface area contributed by atoms with Gasteiger partial charge in [0.15, 0.2) is 11.6 Å². The molecule has 2 fully saturated rings. The predicted molar refractivity (Wildman–Crippen MR) is 106 cm³/mol. The summed E-state index contributed by atoms with van der Waals surface area (Å²) in [7, 11) is 1.48. The van der Waals surface area contributed by atoms with Crippen molar-refractivity contribution >= 4 is 0 Å². The van der Waals surface area contributed by atoms with Crippen LogP contribution < -0.4 is 9.47 Å². The van der Waals surface area contributed by atoms with Crippen LogP contribution in [0.4, 0.5) is 4.39 Å². The zero-order valence-corrected chi connectivity index (χ0v) is 16.9. The first-order chi connectivity index (χ1) is 13.1. The smallest absolute Gasteiger partial charge is 0.171 e. The molecule has 0 radical (unpaired) electrons. The van der Waals surface area contributed by atoms with E-state index in [2.05, 4.69) is 19.1 Å². The molecule has 2 atom stereocenters. The largest absolute Gasteiger partial charge is 0.494 e. The molecule has 3 rings (SSSR count). The fourth-order valence-corrected chi connectivity index (χ4v) is 4.52.